The molecule has 0 atom stereocenters. The van der Waals surface area contributed by atoms with Crippen LogP contribution in [0.15, 0.2) is 48.5 Å². The SMILES string of the molecule is CCCOc1ccccc1CCCNC(=O)Cc1ccc(Cl)cc1. The van der Waals surface area contributed by atoms with Crippen molar-refractivity contribution in [3.8, 4) is 5.75 Å². The summed E-state index contributed by atoms with van der Waals surface area (Å²) in [7, 11) is 0. The number of carbonyl (C=O) groups excluding carboxylic acids is 1. The van der Waals surface area contributed by atoms with E-state index in [1.165, 1.54) is 5.56 Å². The topological polar surface area (TPSA) is 38.3 Å². The van der Waals surface area contributed by atoms with E-state index in [2.05, 4.69) is 18.3 Å². The first-order valence-corrected chi connectivity index (χ1v) is 8.78. The van der Waals surface area contributed by atoms with Gasteiger partial charge in [0, 0.05) is 11.6 Å². The predicted octanol–water partition coefficient (Wildman–Crippen LogP) is 4.42. The van der Waals surface area contributed by atoms with E-state index in [1.54, 1.807) is 12.1 Å². The molecule has 0 fully saturated rings. The number of aryl methyl sites for hydroxylation is 1. The average molecular weight is 346 g/mol. The molecule has 0 aromatic heterocycles. The molecule has 0 radical (unpaired) electrons. The number of rotatable bonds is 9. The zero-order chi connectivity index (χ0) is 17.2. The summed E-state index contributed by atoms with van der Waals surface area (Å²) in [6.45, 7) is 3.49. The first-order chi connectivity index (χ1) is 11.7. The Bertz CT molecular complexity index is 640. The lowest BCUT2D eigenvalue weighted by atomic mass is 10.1. The number of ether oxygens (including phenoxy) is 1. The molecule has 128 valence electrons. The van der Waals surface area contributed by atoms with Crippen LogP contribution < -0.4 is 10.1 Å². The van der Waals surface area contributed by atoms with Crippen molar-refractivity contribution >= 4 is 17.5 Å². The molecule has 24 heavy (non-hydrogen) atoms. The van der Waals surface area contributed by atoms with E-state index >= 15 is 0 Å². The number of hydrogen-bond acceptors (Lipinski definition) is 2. The van der Waals surface area contributed by atoms with Crippen LogP contribution in [0.1, 0.15) is 30.9 Å². The van der Waals surface area contributed by atoms with Gasteiger partial charge in [-0.3, -0.25) is 4.79 Å². The summed E-state index contributed by atoms with van der Waals surface area (Å²) in [4.78, 5) is 11.9. The molecule has 2 aromatic carbocycles. The molecule has 0 aliphatic carbocycles. The van der Waals surface area contributed by atoms with Crippen molar-refractivity contribution in [3.63, 3.8) is 0 Å². The Hall–Kier alpha value is -2.00. The predicted molar refractivity (Wildman–Crippen MR) is 98.7 cm³/mol. The Morgan fingerprint density at radius 2 is 1.88 bits per heavy atom. The van der Waals surface area contributed by atoms with Crippen LogP contribution in [-0.4, -0.2) is 19.1 Å². The second-order valence-corrected chi connectivity index (χ2v) is 6.15. The number of carbonyl (C=O) groups is 1. The maximum absolute atomic E-state index is 11.9. The van der Waals surface area contributed by atoms with Crippen LogP contribution in [0, 0.1) is 0 Å². The summed E-state index contributed by atoms with van der Waals surface area (Å²) in [6, 6.07) is 15.5. The molecule has 3 nitrogen and oxygen atoms in total. The van der Waals surface area contributed by atoms with Crippen LogP contribution in [0.25, 0.3) is 0 Å². The van der Waals surface area contributed by atoms with Gasteiger partial charge in [-0.25, -0.2) is 0 Å². The molecule has 0 unspecified atom stereocenters. The van der Waals surface area contributed by atoms with Crippen LogP contribution in [0.3, 0.4) is 0 Å². The number of para-hydroxylation sites is 1. The summed E-state index contributed by atoms with van der Waals surface area (Å²) in [5.41, 5.74) is 2.16. The second kappa shape index (κ2) is 9.99. The normalized spacial score (nSPS) is 10.4. The van der Waals surface area contributed by atoms with Crippen molar-refractivity contribution < 1.29 is 9.53 Å². The summed E-state index contributed by atoms with van der Waals surface area (Å²) >= 11 is 5.84. The highest BCUT2D eigenvalue weighted by Gasteiger charge is 2.05. The van der Waals surface area contributed by atoms with E-state index in [4.69, 9.17) is 16.3 Å². The molecule has 0 spiro atoms. The molecule has 0 heterocycles. The van der Waals surface area contributed by atoms with Crippen LogP contribution >= 0.6 is 11.6 Å². The Kier molecular flexibility index (Phi) is 7.63. The molecule has 0 saturated heterocycles. The van der Waals surface area contributed by atoms with Crippen molar-refractivity contribution in [2.45, 2.75) is 32.6 Å². The zero-order valence-corrected chi connectivity index (χ0v) is 14.8. The Morgan fingerprint density at radius 1 is 1.12 bits per heavy atom. The molecule has 4 heteroatoms. The summed E-state index contributed by atoms with van der Waals surface area (Å²) < 4.78 is 5.75. The van der Waals surface area contributed by atoms with E-state index in [9.17, 15) is 4.79 Å². The molecular formula is C20H24ClNO2. The fourth-order valence-corrected chi connectivity index (χ4v) is 2.55. The molecular weight excluding hydrogens is 322 g/mol. The van der Waals surface area contributed by atoms with Crippen molar-refractivity contribution in [1.29, 1.82) is 0 Å². The smallest absolute Gasteiger partial charge is 0.224 e. The second-order valence-electron chi connectivity index (χ2n) is 5.71. The quantitative estimate of drug-likeness (QED) is 0.683. The van der Waals surface area contributed by atoms with Crippen LogP contribution in [0.5, 0.6) is 5.75 Å². The van der Waals surface area contributed by atoms with Gasteiger partial charge in [-0.2, -0.15) is 0 Å². The fourth-order valence-electron chi connectivity index (χ4n) is 2.42. The minimum Gasteiger partial charge on any atom is -0.493 e. The van der Waals surface area contributed by atoms with Gasteiger partial charge >= 0.3 is 0 Å². The number of halogens is 1. The highest BCUT2D eigenvalue weighted by atomic mass is 35.5. The monoisotopic (exact) mass is 345 g/mol. The van der Waals surface area contributed by atoms with E-state index in [0.717, 1.165) is 37.2 Å². The van der Waals surface area contributed by atoms with Crippen molar-refractivity contribution in [2.24, 2.45) is 0 Å². The summed E-state index contributed by atoms with van der Waals surface area (Å²) in [6.07, 6.45) is 3.16. The van der Waals surface area contributed by atoms with E-state index in [-0.39, 0.29) is 5.91 Å². The van der Waals surface area contributed by atoms with Gasteiger partial charge in [0.25, 0.3) is 0 Å². The summed E-state index contributed by atoms with van der Waals surface area (Å²) in [5.74, 6) is 0.986. The van der Waals surface area contributed by atoms with E-state index < -0.39 is 0 Å². The molecule has 2 aromatic rings. The molecule has 0 aliphatic heterocycles. The minimum atomic E-state index is 0.0350. The largest absolute Gasteiger partial charge is 0.493 e. The first kappa shape index (κ1) is 18.3. The third-order valence-corrected chi connectivity index (χ3v) is 3.91. The number of benzene rings is 2. The standard InChI is InChI=1S/C20H24ClNO2/c1-2-14-24-19-8-4-3-6-17(19)7-5-13-22-20(23)15-16-9-11-18(21)12-10-16/h3-4,6,8-12H,2,5,7,13-15H2,1H3,(H,22,23). The molecule has 0 aliphatic rings. The zero-order valence-electron chi connectivity index (χ0n) is 14.1. The van der Waals surface area contributed by atoms with Gasteiger partial charge < -0.3 is 10.1 Å². The van der Waals surface area contributed by atoms with E-state index in [0.29, 0.717) is 18.0 Å². The number of hydrogen-bond donors (Lipinski definition) is 1. The van der Waals surface area contributed by atoms with Gasteiger partial charge in [-0.1, -0.05) is 48.9 Å². The van der Waals surface area contributed by atoms with Gasteiger partial charge in [0.15, 0.2) is 0 Å². The van der Waals surface area contributed by atoms with E-state index in [1.807, 2.05) is 30.3 Å². The molecule has 1 amide bonds. The maximum atomic E-state index is 11.9. The lowest BCUT2D eigenvalue weighted by Gasteiger charge is -2.11. The average Bonchev–Trinajstić information content (AvgIpc) is 2.60. The summed E-state index contributed by atoms with van der Waals surface area (Å²) in [5, 5.41) is 3.65. The lowest BCUT2D eigenvalue weighted by molar-refractivity contribution is -0.120. The number of nitrogens with one attached hydrogen (secondary N) is 1. The fraction of sp³-hybridized carbons (Fsp3) is 0.350. The van der Waals surface area contributed by atoms with Crippen LogP contribution in [0.2, 0.25) is 5.02 Å². The van der Waals surface area contributed by atoms with Crippen molar-refractivity contribution in [1.82, 2.24) is 5.32 Å². The Labute approximate surface area is 149 Å². The lowest BCUT2D eigenvalue weighted by Crippen LogP contribution is -2.26. The minimum absolute atomic E-state index is 0.0350. The molecule has 1 N–H and O–H groups in total. The third kappa shape index (κ3) is 6.25. The number of amides is 1. The maximum Gasteiger partial charge on any atom is 0.224 e. The van der Waals surface area contributed by atoms with Crippen molar-refractivity contribution in [3.05, 3.63) is 64.7 Å². The Balaban J connectivity index is 1.72. The van der Waals surface area contributed by atoms with Gasteiger partial charge in [-0.05, 0) is 48.6 Å². The van der Waals surface area contributed by atoms with Gasteiger partial charge in [-0.15, -0.1) is 0 Å². The van der Waals surface area contributed by atoms with Crippen molar-refractivity contribution in [2.75, 3.05) is 13.2 Å². The van der Waals surface area contributed by atoms with Crippen LogP contribution in [0.4, 0.5) is 0 Å². The molecule has 0 bridgehead atoms. The Morgan fingerprint density at radius 3 is 2.62 bits per heavy atom. The van der Waals surface area contributed by atoms with Gasteiger partial charge in [0.1, 0.15) is 5.75 Å². The highest BCUT2D eigenvalue weighted by molar-refractivity contribution is 6.30. The van der Waals surface area contributed by atoms with Crippen LogP contribution in [-0.2, 0) is 17.6 Å². The third-order valence-electron chi connectivity index (χ3n) is 3.66. The molecule has 2 rings (SSSR count). The van der Waals surface area contributed by atoms with Gasteiger partial charge in [0.05, 0.1) is 13.0 Å². The van der Waals surface area contributed by atoms with Gasteiger partial charge in [0.2, 0.25) is 5.91 Å². The molecule has 0 saturated carbocycles. The first-order valence-electron chi connectivity index (χ1n) is 8.41. The highest BCUT2D eigenvalue weighted by Crippen LogP contribution is 2.19.